The van der Waals surface area contributed by atoms with Gasteiger partial charge < -0.3 is 10.6 Å². The molecule has 0 atom stereocenters. The molecule has 1 rings (SSSR count). The molecule has 1 heterocycles. The SMILES string of the molecule is CCCCCCNc1cc(NCC)nc(C(C)C)n1. The standard InChI is InChI=1S/C15H28N4/c1-5-7-8-9-10-17-14-11-13(16-6-2)18-15(19-14)12(3)4/h11-12H,5-10H2,1-4H3,(H2,16,17,18,19). The number of unbranched alkanes of at least 4 members (excludes halogenated alkanes) is 3. The normalized spacial score (nSPS) is 10.8. The van der Waals surface area contributed by atoms with Gasteiger partial charge in [0.05, 0.1) is 0 Å². The number of aromatic nitrogens is 2. The lowest BCUT2D eigenvalue weighted by molar-refractivity contribution is 0.683. The number of hydrogen-bond acceptors (Lipinski definition) is 4. The molecule has 0 unspecified atom stereocenters. The van der Waals surface area contributed by atoms with Gasteiger partial charge in [-0.05, 0) is 13.3 Å². The molecule has 1 aromatic rings. The minimum atomic E-state index is 0.347. The maximum absolute atomic E-state index is 4.57. The van der Waals surface area contributed by atoms with E-state index in [2.05, 4.69) is 48.3 Å². The van der Waals surface area contributed by atoms with Crippen molar-refractivity contribution in [2.24, 2.45) is 0 Å². The van der Waals surface area contributed by atoms with Gasteiger partial charge in [0.2, 0.25) is 0 Å². The van der Waals surface area contributed by atoms with E-state index in [1.165, 1.54) is 25.7 Å². The smallest absolute Gasteiger partial charge is 0.135 e. The van der Waals surface area contributed by atoms with Crippen LogP contribution in [0, 0.1) is 0 Å². The first kappa shape index (κ1) is 15.7. The van der Waals surface area contributed by atoms with Crippen LogP contribution in [0.1, 0.15) is 65.1 Å². The Hall–Kier alpha value is -1.32. The third-order valence-electron chi connectivity index (χ3n) is 2.95. The maximum Gasteiger partial charge on any atom is 0.135 e. The highest BCUT2D eigenvalue weighted by Gasteiger charge is 2.07. The Labute approximate surface area is 117 Å². The van der Waals surface area contributed by atoms with Crippen molar-refractivity contribution in [1.82, 2.24) is 9.97 Å². The van der Waals surface area contributed by atoms with E-state index in [9.17, 15) is 0 Å². The monoisotopic (exact) mass is 264 g/mol. The van der Waals surface area contributed by atoms with E-state index in [0.29, 0.717) is 5.92 Å². The first-order chi connectivity index (χ1) is 9.17. The molecular formula is C15H28N4. The molecule has 4 heteroatoms. The van der Waals surface area contributed by atoms with Gasteiger partial charge in [-0.2, -0.15) is 0 Å². The Balaban J connectivity index is 2.60. The molecular weight excluding hydrogens is 236 g/mol. The van der Waals surface area contributed by atoms with E-state index in [1.54, 1.807) is 0 Å². The van der Waals surface area contributed by atoms with Gasteiger partial charge in [0, 0.05) is 25.1 Å². The van der Waals surface area contributed by atoms with Crippen molar-refractivity contribution in [3.8, 4) is 0 Å². The van der Waals surface area contributed by atoms with Gasteiger partial charge in [0.15, 0.2) is 0 Å². The zero-order chi connectivity index (χ0) is 14.1. The summed E-state index contributed by atoms with van der Waals surface area (Å²) in [6.07, 6.45) is 5.07. The lowest BCUT2D eigenvalue weighted by atomic mass is 10.2. The summed E-state index contributed by atoms with van der Waals surface area (Å²) in [6, 6.07) is 2.00. The van der Waals surface area contributed by atoms with Crippen LogP contribution in [0.2, 0.25) is 0 Å². The van der Waals surface area contributed by atoms with Crippen LogP contribution in [0.15, 0.2) is 6.07 Å². The van der Waals surface area contributed by atoms with Gasteiger partial charge in [0.1, 0.15) is 17.5 Å². The van der Waals surface area contributed by atoms with Gasteiger partial charge in [0.25, 0.3) is 0 Å². The Kier molecular flexibility index (Phi) is 7.23. The molecule has 0 aliphatic rings. The van der Waals surface area contributed by atoms with E-state index in [0.717, 1.165) is 30.5 Å². The fourth-order valence-corrected chi connectivity index (χ4v) is 1.85. The van der Waals surface area contributed by atoms with Crippen LogP contribution in [0.25, 0.3) is 0 Å². The molecule has 0 spiro atoms. The number of nitrogens with one attached hydrogen (secondary N) is 2. The highest BCUT2D eigenvalue weighted by atomic mass is 15.1. The van der Waals surface area contributed by atoms with Crippen LogP contribution in [-0.2, 0) is 0 Å². The first-order valence-corrected chi connectivity index (χ1v) is 7.54. The average molecular weight is 264 g/mol. The molecule has 108 valence electrons. The van der Waals surface area contributed by atoms with Crippen molar-refractivity contribution in [2.75, 3.05) is 23.7 Å². The molecule has 0 aromatic carbocycles. The second kappa shape index (κ2) is 8.73. The summed E-state index contributed by atoms with van der Waals surface area (Å²) in [5, 5.41) is 6.67. The first-order valence-electron chi connectivity index (χ1n) is 7.54. The van der Waals surface area contributed by atoms with Gasteiger partial charge >= 0.3 is 0 Å². The van der Waals surface area contributed by atoms with Crippen LogP contribution in [0.5, 0.6) is 0 Å². The quantitative estimate of drug-likeness (QED) is 0.661. The zero-order valence-corrected chi connectivity index (χ0v) is 12.8. The van der Waals surface area contributed by atoms with Crippen molar-refractivity contribution < 1.29 is 0 Å². The van der Waals surface area contributed by atoms with Crippen molar-refractivity contribution >= 4 is 11.6 Å². The minimum absolute atomic E-state index is 0.347. The Morgan fingerprint density at radius 1 is 1.00 bits per heavy atom. The van der Waals surface area contributed by atoms with Gasteiger partial charge in [-0.25, -0.2) is 9.97 Å². The van der Waals surface area contributed by atoms with E-state index >= 15 is 0 Å². The molecule has 0 aliphatic heterocycles. The Morgan fingerprint density at radius 2 is 1.68 bits per heavy atom. The minimum Gasteiger partial charge on any atom is -0.370 e. The van der Waals surface area contributed by atoms with Gasteiger partial charge in [-0.1, -0.05) is 40.0 Å². The summed E-state index contributed by atoms with van der Waals surface area (Å²) in [7, 11) is 0. The summed E-state index contributed by atoms with van der Waals surface area (Å²) in [4.78, 5) is 9.09. The molecule has 0 bridgehead atoms. The molecule has 0 saturated heterocycles. The van der Waals surface area contributed by atoms with Crippen molar-refractivity contribution in [3.05, 3.63) is 11.9 Å². The number of hydrogen-bond donors (Lipinski definition) is 2. The molecule has 0 fully saturated rings. The summed E-state index contributed by atoms with van der Waals surface area (Å²) in [5.74, 6) is 3.09. The van der Waals surface area contributed by atoms with E-state index in [1.807, 2.05) is 6.07 Å². The summed E-state index contributed by atoms with van der Waals surface area (Å²) in [5.41, 5.74) is 0. The Bertz CT molecular complexity index is 363. The lowest BCUT2D eigenvalue weighted by Crippen LogP contribution is -2.09. The molecule has 1 aromatic heterocycles. The van der Waals surface area contributed by atoms with Crippen molar-refractivity contribution in [1.29, 1.82) is 0 Å². The third-order valence-corrected chi connectivity index (χ3v) is 2.95. The maximum atomic E-state index is 4.57. The topological polar surface area (TPSA) is 49.8 Å². The van der Waals surface area contributed by atoms with Crippen molar-refractivity contribution in [2.45, 2.75) is 59.3 Å². The Morgan fingerprint density at radius 3 is 2.26 bits per heavy atom. The second-order valence-corrected chi connectivity index (χ2v) is 5.17. The van der Waals surface area contributed by atoms with Crippen LogP contribution in [-0.4, -0.2) is 23.1 Å². The summed E-state index contributed by atoms with van der Waals surface area (Å²) < 4.78 is 0. The highest BCUT2D eigenvalue weighted by molar-refractivity contribution is 5.47. The largest absolute Gasteiger partial charge is 0.370 e. The third kappa shape index (κ3) is 5.90. The van der Waals surface area contributed by atoms with Crippen molar-refractivity contribution in [3.63, 3.8) is 0 Å². The molecule has 19 heavy (non-hydrogen) atoms. The number of anilines is 2. The molecule has 0 aliphatic carbocycles. The van der Waals surface area contributed by atoms with Gasteiger partial charge in [-0.15, -0.1) is 0 Å². The predicted octanol–water partition coefficient (Wildman–Crippen LogP) is 4.02. The highest BCUT2D eigenvalue weighted by Crippen LogP contribution is 2.17. The van der Waals surface area contributed by atoms with Crippen LogP contribution >= 0.6 is 0 Å². The molecule has 0 radical (unpaired) electrons. The zero-order valence-electron chi connectivity index (χ0n) is 12.8. The summed E-state index contributed by atoms with van der Waals surface area (Å²) >= 11 is 0. The van der Waals surface area contributed by atoms with E-state index < -0.39 is 0 Å². The van der Waals surface area contributed by atoms with Crippen LogP contribution in [0.4, 0.5) is 11.6 Å². The van der Waals surface area contributed by atoms with Crippen LogP contribution < -0.4 is 10.6 Å². The van der Waals surface area contributed by atoms with Gasteiger partial charge in [-0.3, -0.25) is 0 Å². The molecule has 2 N–H and O–H groups in total. The molecule has 4 nitrogen and oxygen atoms in total. The lowest BCUT2D eigenvalue weighted by Gasteiger charge is -2.12. The fourth-order valence-electron chi connectivity index (χ4n) is 1.85. The molecule has 0 amide bonds. The summed E-state index contributed by atoms with van der Waals surface area (Å²) in [6.45, 7) is 10.4. The molecule has 0 saturated carbocycles. The number of rotatable bonds is 9. The second-order valence-electron chi connectivity index (χ2n) is 5.17. The van der Waals surface area contributed by atoms with E-state index in [-0.39, 0.29) is 0 Å². The fraction of sp³-hybridized carbons (Fsp3) is 0.733. The number of nitrogens with zero attached hydrogens (tertiary/aromatic N) is 2. The van der Waals surface area contributed by atoms with E-state index in [4.69, 9.17) is 0 Å². The average Bonchev–Trinajstić information content (AvgIpc) is 2.38. The van der Waals surface area contributed by atoms with Crippen LogP contribution in [0.3, 0.4) is 0 Å². The predicted molar refractivity (Wildman–Crippen MR) is 82.9 cm³/mol.